The lowest BCUT2D eigenvalue weighted by Gasteiger charge is -2.22. The van der Waals surface area contributed by atoms with Gasteiger partial charge < -0.3 is 9.47 Å². The van der Waals surface area contributed by atoms with Gasteiger partial charge in [-0.3, -0.25) is 5.32 Å². The molecule has 0 bridgehead atoms. The molecule has 5 heteroatoms. The van der Waals surface area contributed by atoms with Crippen LogP contribution in [0.4, 0.5) is 4.79 Å². The maximum Gasteiger partial charge on any atom is 0.409 e. The van der Waals surface area contributed by atoms with Gasteiger partial charge in [-0.05, 0) is 26.8 Å². The maximum atomic E-state index is 11.5. The molecule has 0 aliphatic carbocycles. The first-order chi connectivity index (χ1) is 7.78. The van der Waals surface area contributed by atoms with Crippen molar-refractivity contribution in [3.05, 3.63) is 23.8 Å². The zero-order valence-corrected chi connectivity index (χ0v) is 11.5. The lowest BCUT2D eigenvalue weighted by molar-refractivity contribution is 0.0244. The Morgan fingerprint density at radius 3 is 2.53 bits per heavy atom. The van der Waals surface area contributed by atoms with Gasteiger partial charge in [0.05, 0.1) is 0 Å². The molecule has 0 aliphatic rings. The normalized spacial score (nSPS) is 14.1. The van der Waals surface area contributed by atoms with Crippen LogP contribution in [-0.2, 0) is 9.47 Å². The SMILES string of the molecule is C=C/C=C(/Cl)CC(NC(=O)OC(C)(C)C)OC. The highest BCUT2D eigenvalue weighted by Gasteiger charge is 2.19. The molecule has 0 saturated heterocycles. The Balaban J connectivity index is 4.27. The average molecular weight is 262 g/mol. The third-order valence-corrected chi connectivity index (χ3v) is 1.92. The molecule has 0 aromatic carbocycles. The van der Waals surface area contributed by atoms with E-state index in [9.17, 15) is 4.79 Å². The standard InChI is InChI=1S/C12H20ClNO3/c1-6-7-9(13)8-10(16-5)14-11(15)17-12(2,3)4/h6-7,10H,1,8H2,2-5H3,(H,14,15)/b9-7+. The number of alkyl carbamates (subject to hydrolysis) is 1. The van der Waals surface area contributed by atoms with Crippen molar-refractivity contribution in [3.63, 3.8) is 0 Å². The van der Waals surface area contributed by atoms with E-state index in [1.807, 2.05) is 0 Å². The minimum Gasteiger partial charge on any atom is -0.444 e. The summed E-state index contributed by atoms with van der Waals surface area (Å²) < 4.78 is 10.2. The number of hydrogen-bond acceptors (Lipinski definition) is 3. The Labute approximate surface area is 108 Å². The van der Waals surface area contributed by atoms with Crippen molar-refractivity contribution in [2.45, 2.75) is 39.0 Å². The van der Waals surface area contributed by atoms with E-state index in [-0.39, 0.29) is 0 Å². The molecule has 0 rings (SSSR count). The third kappa shape index (κ3) is 8.77. The van der Waals surface area contributed by atoms with E-state index in [0.29, 0.717) is 11.5 Å². The highest BCUT2D eigenvalue weighted by atomic mass is 35.5. The molecule has 0 heterocycles. The molecular formula is C12H20ClNO3. The molecule has 1 atom stereocenters. The number of carbonyl (C=O) groups is 1. The van der Waals surface area contributed by atoms with Crippen LogP contribution >= 0.6 is 11.6 Å². The molecule has 0 aromatic rings. The number of amides is 1. The predicted octanol–water partition coefficient (Wildman–Crippen LogP) is 3.18. The molecule has 0 aromatic heterocycles. The van der Waals surface area contributed by atoms with Gasteiger partial charge in [-0.2, -0.15) is 0 Å². The topological polar surface area (TPSA) is 47.6 Å². The average Bonchev–Trinajstić information content (AvgIpc) is 2.13. The zero-order valence-electron chi connectivity index (χ0n) is 10.7. The van der Waals surface area contributed by atoms with Crippen molar-refractivity contribution in [1.29, 1.82) is 0 Å². The number of allylic oxidation sites excluding steroid dienone is 2. The molecule has 0 saturated carbocycles. The molecule has 0 radical (unpaired) electrons. The molecule has 0 fully saturated rings. The Kier molecular flexibility index (Phi) is 6.92. The van der Waals surface area contributed by atoms with Crippen LogP contribution in [0.3, 0.4) is 0 Å². The van der Waals surface area contributed by atoms with E-state index in [0.717, 1.165) is 0 Å². The summed E-state index contributed by atoms with van der Waals surface area (Å²) in [4.78, 5) is 11.5. The van der Waals surface area contributed by atoms with Crippen LogP contribution in [0.15, 0.2) is 23.8 Å². The van der Waals surface area contributed by atoms with Crippen molar-refractivity contribution >= 4 is 17.7 Å². The summed E-state index contributed by atoms with van der Waals surface area (Å²) >= 11 is 5.89. The lowest BCUT2D eigenvalue weighted by atomic mass is 10.2. The van der Waals surface area contributed by atoms with Gasteiger partial charge in [0.25, 0.3) is 0 Å². The number of nitrogens with one attached hydrogen (secondary N) is 1. The van der Waals surface area contributed by atoms with Gasteiger partial charge in [0.2, 0.25) is 0 Å². The first-order valence-corrected chi connectivity index (χ1v) is 5.65. The van der Waals surface area contributed by atoms with Crippen molar-refractivity contribution in [1.82, 2.24) is 5.32 Å². The fourth-order valence-electron chi connectivity index (χ4n) is 1.01. The summed E-state index contributed by atoms with van der Waals surface area (Å²) in [5.41, 5.74) is -0.539. The fourth-order valence-corrected chi connectivity index (χ4v) is 1.23. The van der Waals surface area contributed by atoms with Gasteiger partial charge in [0.1, 0.15) is 11.8 Å². The quantitative estimate of drug-likeness (QED) is 0.611. The number of halogens is 1. The van der Waals surface area contributed by atoms with Gasteiger partial charge in [-0.15, -0.1) is 0 Å². The van der Waals surface area contributed by atoms with E-state index >= 15 is 0 Å². The maximum absolute atomic E-state index is 11.5. The van der Waals surface area contributed by atoms with Gasteiger partial charge in [0, 0.05) is 18.6 Å². The molecule has 4 nitrogen and oxygen atoms in total. The molecule has 17 heavy (non-hydrogen) atoms. The molecule has 1 unspecified atom stereocenters. The molecular weight excluding hydrogens is 242 g/mol. The van der Waals surface area contributed by atoms with Crippen LogP contribution in [-0.4, -0.2) is 25.0 Å². The van der Waals surface area contributed by atoms with Gasteiger partial charge in [-0.1, -0.05) is 24.3 Å². The largest absolute Gasteiger partial charge is 0.444 e. The van der Waals surface area contributed by atoms with Gasteiger partial charge in [-0.25, -0.2) is 4.79 Å². The Morgan fingerprint density at radius 1 is 1.53 bits per heavy atom. The summed E-state index contributed by atoms with van der Waals surface area (Å²) in [6.07, 6.45) is 2.52. The highest BCUT2D eigenvalue weighted by molar-refractivity contribution is 6.29. The van der Waals surface area contributed by atoms with Crippen LogP contribution in [0.1, 0.15) is 27.2 Å². The monoisotopic (exact) mass is 261 g/mol. The van der Waals surface area contributed by atoms with Crippen molar-refractivity contribution in [2.24, 2.45) is 0 Å². The van der Waals surface area contributed by atoms with E-state index in [4.69, 9.17) is 21.1 Å². The molecule has 1 amide bonds. The van der Waals surface area contributed by atoms with Crippen LogP contribution in [0.25, 0.3) is 0 Å². The van der Waals surface area contributed by atoms with Crippen molar-refractivity contribution < 1.29 is 14.3 Å². The van der Waals surface area contributed by atoms with Gasteiger partial charge in [0.15, 0.2) is 0 Å². The summed E-state index contributed by atoms with van der Waals surface area (Å²) in [6, 6.07) is 0. The van der Waals surface area contributed by atoms with Crippen molar-refractivity contribution in [3.8, 4) is 0 Å². The second-order valence-electron chi connectivity index (χ2n) is 4.42. The number of carbonyl (C=O) groups excluding carboxylic acids is 1. The fraction of sp³-hybridized carbons (Fsp3) is 0.583. The van der Waals surface area contributed by atoms with E-state index in [1.54, 1.807) is 32.9 Å². The molecule has 98 valence electrons. The minimum absolute atomic E-state index is 0.364. The summed E-state index contributed by atoms with van der Waals surface area (Å²) in [5.74, 6) is 0. The second-order valence-corrected chi connectivity index (χ2v) is 4.91. The smallest absolute Gasteiger partial charge is 0.409 e. The zero-order chi connectivity index (χ0) is 13.5. The number of hydrogen-bond donors (Lipinski definition) is 1. The van der Waals surface area contributed by atoms with Crippen LogP contribution < -0.4 is 5.32 Å². The summed E-state index contributed by atoms with van der Waals surface area (Å²) in [6.45, 7) is 8.90. The summed E-state index contributed by atoms with van der Waals surface area (Å²) in [7, 11) is 1.49. The molecule has 1 N–H and O–H groups in total. The summed E-state index contributed by atoms with van der Waals surface area (Å²) in [5, 5.41) is 3.11. The first kappa shape index (κ1) is 16.0. The number of rotatable bonds is 5. The minimum atomic E-state index is -0.539. The van der Waals surface area contributed by atoms with Gasteiger partial charge >= 0.3 is 6.09 Å². The van der Waals surface area contributed by atoms with Crippen molar-refractivity contribution in [2.75, 3.05) is 7.11 Å². The van der Waals surface area contributed by atoms with E-state index < -0.39 is 17.9 Å². The van der Waals surface area contributed by atoms with Crippen LogP contribution in [0.5, 0.6) is 0 Å². The van der Waals surface area contributed by atoms with Crippen LogP contribution in [0, 0.1) is 0 Å². The molecule has 0 spiro atoms. The Hall–Kier alpha value is -1.00. The third-order valence-electron chi connectivity index (χ3n) is 1.64. The second kappa shape index (κ2) is 7.35. The van der Waals surface area contributed by atoms with E-state index in [1.165, 1.54) is 7.11 Å². The predicted molar refractivity (Wildman–Crippen MR) is 68.9 cm³/mol. The Morgan fingerprint density at radius 2 is 2.12 bits per heavy atom. The first-order valence-electron chi connectivity index (χ1n) is 5.28. The lowest BCUT2D eigenvalue weighted by Crippen LogP contribution is -2.40. The number of methoxy groups -OCH3 is 1. The molecule has 0 aliphatic heterocycles. The highest BCUT2D eigenvalue weighted by Crippen LogP contribution is 2.12. The van der Waals surface area contributed by atoms with Crippen LogP contribution in [0.2, 0.25) is 0 Å². The number of ether oxygens (including phenoxy) is 2. The van der Waals surface area contributed by atoms with E-state index in [2.05, 4.69) is 11.9 Å². The Bertz CT molecular complexity index is 295.